The largest absolute Gasteiger partial charge is 0.398 e. The predicted octanol–water partition coefficient (Wildman–Crippen LogP) is 3.96. The minimum Gasteiger partial charge on any atom is -0.398 e. The second-order valence-corrected chi connectivity index (χ2v) is 7.63. The zero-order chi connectivity index (χ0) is 15.6. The fourth-order valence-corrected chi connectivity index (χ4v) is 3.63. The van der Waals surface area contributed by atoms with Gasteiger partial charge < -0.3 is 5.73 Å². The Hall–Kier alpha value is -1.53. The third-order valence-electron chi connectivity index (χ3n) is 3.07. The standard InChI is InChI=1S/C15H17BrN2O2S/c1-10(2)11-4-3-5-13(8-11)18-21(19,20)15-9-12(16)6-7-14(15)17/h3-10,18H,17H2,1-2H3. The predicted molar refractivity (Wildman–Crippen MR) is 89.9 cm³/mol. The Balaban J connectivity index is 2.37. The number of rotatable bonds is 4. The van der Waals surface area contributed by atoms with Crippen LogP contribution in [0.4, 0.5) is 11.4 Å². The van der Waals surface area contributed by atoms with Crippen LogP contribution in [0.3, 0.4) is 0 Å². The van der Waals surface area contributed by atoms with Gasteiger partial charge in [0.15, 0.2) is 0 Å². The summed E-state index contributed by atoms with van der Waals surface area (Å²) in [5.41, 5.74) is 7.58. The lowest BCUT2D eigenvalue weighted by Gasteiger charge is -2.12. The molecule has 0 unspecified atom stereocenters. The van der Waals surface area contributed by atoms with Crippen LogP contribution in [-0.2, 0) is 10.0 Å². The Labute approximate surface area is 133 Å². The molecule has 0 radical (unpaired) electrons. The summed E-state index contributed by atoms with van der Waals surface area (Å²) in [7, 11) is -3.71. The van der Waals surface area contributed by atoms with Crippen molar-refractivity contribution in [3.63, 3.8) is 0 Å². The molecule has 0 heterocycles. The summed E-state index contributed by atoms with van der Waals surface area (Å²) in [6.45, 7) is 4.11. The van der Waals surface area contributed by atoms with E-state index in [2.05, 4.69) is 34.5 Å². The number of benzene rings is 2. The first-order valence-corrected chi connectivity index (χ1v) is 8.75. The Kier molecular flexibility index (Phi) is 4.58. The molecular weight excluding hydrogens is 352 g/mol. The van der Waals surface area contributed by atoms with Gasteiger partial charge in [0.05, 0.1) is 5.69 Å². The number of hydrogen-bond acceptors (Lipinski definition) is 3. The highest BCUT2D eigenvalue weighted by Crippen LogP contribution is 2.26. The van der Waals surface area contributed by atoms with Crippen molar-refractivity contribution in [1.29, 1.82) is 0 Å². The second-order valence-electron chi connectivity index (χ2n) is 5.07. The summed E-state index contributed by atoms with van der Waals surface area (Å²) in [6.07, 6.45) is 0. The van der Waals surface area contributed by atoms with E-state index in [4.69, 9.17) is 5.73 Å². The summed E-state index contributed by atoms with van der Waals surface area (Å²) in [5, 5.41) is 0. The van der Waals surface area contributed by atoms with Gasteiger partial charge in [-0.15, -0.1) is 0 Å². The van der Waals surface area contributed by atoms with E-state index in [1.807, 2.05) is 18.2 Å². The summed E-state index contributed by atoms with van der Waals surface area (Å²) < 4.78 is 28.1. The van der Waals surface area contributed by atoms with Crippen LogP contribution in [0.15, 0.2) is 51.8 Å². The molecule has 2 aromatic carbocycles. The van der Waals surface area contributed by atoms with E-state index in [-0.39, 0.29) is 10.6 Å². The van der Waals surface area contributed by atoms with Crippen molar-refractivity contribution in [2.24, 2.45) is 0 Å². The van der Waals surface area contributed by atoms with Crippen LogP contribution in [-0.4, -0.2) is 8.42 Å². The van der Waals surface area contributed by atoms with E-state index >= 15 is 0 Å². The molecular formula is C15H17BrN2O2S. The molecule has 0 fully saturated rings. The third kappa shape index (κ3) is 3.77. The number of sulfonamides is 1. The van der Waals surface area contributed by atoms with Gasteiger partial charge in [-0.25, -0.2) is 8.42 Å². The van der Waals surface area contributed by atoms with Crippen LogP contribution in [0.25, 0.3) is 0 Å². The molecule has 0 saturated heterocycles. The summed E-state index contributed by atoms with van der Waals surface area (Å²) in [4.78, 5) is 0.0619. The van der Waals surface area contributed by atoms with E-state index < -0.39 is 10.0 Å². The fraction of sp³-hybridized carbons (Fsp3) is 0.200. The van der Waals surface area contributed by atoms with Gasteiger partial charge in [0, 0.05) is 10.2 Å². The first-order valence-electron chi connectivity index (χ1n) is 6.47. The van der Waals surface area contributed by atoms with Crippen LogP contribution in [0.2, 0.25) is 0 Å². The molecule has 4 nitrogen and oxygen atoms in total. The number of anilines is 2. The van der Waals surface area contributed by atoms with Gasteiger partial charge in [0.25, 0.3) is 10.0 Å². The van der Waals surface area contributed by atoms with Crippen LogP contribution < -0.4 is 10.5 Å². The molecule has 0 aliphatic rings. The molecule has 0 saturated carbocycles. The molecule has 21 heavy (non-hydrogen) atoms. The normalized spacial score (nSPS) is 11.6. The average molecular weight is 369 g/mol. The molecule has 0 aliphatic carbocycles. The molecule has 0 atom stereocenters. The van der Waals surface area contributed by atoms with Crippen molar-refractivity contribution in [3.8, 4) is 0 Å². The summed E-state index contributed by atoms with van der Waals surface area (Å²) in [5.74, 6) is 0.324. The molecule has 3 N–H and O–H groups in total. The lowest BCUT2D eigenvalue weighted by molar-refractivity contribution is 0.601. The van der Waals surface area contributed by atoms with Crippen LogP contribution >= 0.6 is 15.9 Å². The summed E-state index contributed by atoms with van der Waals surface area (Å²) in [6, 6.07) is 12.1. The monoisotopic (exact) mass is 368 g/mol. The fourth-order valence-electron chi connectivity index (χ4n) is 1.91. The molecule has 0 aromatic heterocycles. The summed E-state index contributed by atoms with van der Waals surface area (Å²) >= 11 is 3.26. The van der Waals surface area contributed by atoms with E-state index in [0.717, 1.165) is 5.56 Å². The van der Waals surface area contributed by atoms with Gasteiger partial charge in [-0.05, 0) is 41.8 Å². The van der Waals surface area contributed by atoms with Crippen molar-refractivity contribution in [2.45, 2.75) is 24.7 Å². The average Bonchev–Trinajstić information content (AvgIpc) is 2.41. The zero-order valence-corrected chi connectivity index (χ0v) is 14.2. The number of nitrogens with one attached hydrogen (secondary N) is 1. The molecule has 6 heteroatoms. The van der Waals surface area contributed by atoms with E-state index in [1.54, 1.807) is 18.2 Å². The topological polar surface area (TPSA) is 72.2 Å². The smallest absolute Gasteiger partial charge is 0.263 e. The molecule has 2 aromatic rings. The lowest BCUT2D eigenvalue weighted by atomic mass is 10.0. The van der Waals surface area contributed by atoms with Gasteiger partial charge >= 0.3 is 0 Å². The van der Waals surface area contributed by atoms with Gasteiger partial charge in [-0.3, -0.25) is 4.72 Å². The van der Waals surface area contributed by atoms with Crippen molar-refractivity contribution in [1.82, 2.24) is 0 Å². The number of nitrogen functional groups attached to an aromatic ring is 1. The second kappa shape index (κ2) is 6.07. The minimum atomic E-state index is -3.71. The molecule has 0 bridgehead atoms. The van der Waals surface area contributed by atoms with Crippen LogP contribution in [0, 0.1) is 0 Å². The van der Waals surface area contributed by atoms with Crippen LogP contribution in [0.5, 0.6) is 0 Å². The number of hydrogen-bond donors (Lipinski definition) is 2. The van der Waals surface area contributed by atoms with Crippen molar-refractivity contribution in [3.05, 3.63) is 52.5 Å². The van der Waals surface area contributed by atoms with Gasteiger partial charge in [0.1, 0.15) is 4.90 Å². The quantitative estimate of drug-likeness (QED) is 0.802. The third-order valence-corrected chi connectivity index (χ3v) is 5.00. The van der Waals surface area contributed by atoms with Crippen molar-refractivity contribution >= 4 is 37.3 Å². The minimum absolute atomic E-state index is 0.0619. The Morgan fingerprint density at radius 1 is 1.14 bits per heavy atom. The number of nitrogens with two attached hydrogens (primary N) is 1. The maximum absolute atomic E-state index is 12.4. The maximum Gasteiger partial charge on any atom is 0.263 e. The van der Waals surface area contributed by atoms with Crippen molar-refractivity contribution < 1.29 is 8.42 Å². The van der Waals surface area contributed by atoms with E-state index in [1.165, 1.54) is 6.07 Å². The SMILES string of the molecule is CC(C)c1cccc(NS(=O)(=O)c2cc(Br)ccc2N)c1. The van der Waals surface area contributed by atoms with Gasteiger partial charge in [-0.1, -0.05) is 41.9 Å². The molecule has 2 rings (SSSR count). The Morgan fingerprint density at radius 2 is 1.86 bits per heavy atom. The van der Waals surface area contributed by atoms with Crippen LogP contribution in [0.1, 0.15) is 25.3 Å². The number of halogens is 1. The highest BCUT2D eigenvalue weighted by atomic mass is 79.9. The first kappa shape index (κ1) is 15.9. The lowest BCUT2D eigenvalue weighted by Crippen LogP contribution is -2.15. The maximum atomic E-state index is 12.4. The van der Waals surface area contributed by atoms with E-state index in [0.29, 0.717) is 16.1 Å². The molecule has 0 spiro atoms. The zero-order valence-electron chi connectivity index (χ0n) is 11.8. The highest BCUT2D eigenvalue weighted by Gasteiger charge is 2.18. The first-order chi connectivity index (χ1) is 9.79. The Bertz CT molecular complexity index is 758. The molecule has 0 amide bonds. The van der Waals surface area contributed by atoms with Gasteiger partial charge in [-0.2, -0.15) is 0 Å². The highest BCUT2D eigenvalue weighted by molar-refractivity contribution is 9.10. The Morgan fingerprint density at radius 3 is 2.52 bits per heavy atom. The van der Waals surface area contributed by atoms with Crippen molar-refractivity contribution in [2.75, 3.05) is 10.5 Å². The molecule has 112 valence electrons. The van der Waals surface area contributed by atoms with Gasteiger partial charge in [0.2, 0.25) is 0 Å². The molecule has 0 aliphatic heterocycles. The van der Waals surface area contributed by atoms with E-state index in [9.17, 15) is 8.42 Å².